The van der Waals surface area contributed by atoms with Gasteiger partial charge in [-0.05, 0) is 60.4 Å². The molecule has 7 heteroatoms. The molecule has 0 amide bonds. The summed E-state index contributed by atoms with van der Waals surface area (Å²) in [6.45, 7) is 2.14. The van der Waals surface area contributed by atoms with Crippen LogP contribution in [0.5, 0.6) is 5.75 Å². The molecule has 0 radical (unpaired) electrons. The molecule has 4 nitrogen and oxygen atoms in total. The lowest BCUT2D eigenvalue weighted by molar-refractivity contribution is -0.143. The molecule has 1 heterocycles. The third-order valence-electron chi connectivity index (χ3n) is 5.88. The Labute approximate surface area is 201 Å². The van der Waals surface area contributed by atoms with Gasteiger partial charge in [0, 0.05) is 23.6 Å². The van der Waals surface area contributed by atoms with Crippen molar-refractivity contribution in [3.8, 4) is 16.9 Å². The van der Waals surface area contributed by atoms with E-state index in [2.05, 4.69) is 0 Å². The Morgan fingerprint density at radius 2 is 1.74 bits per heavy atom. The van der Waals surface area contributed by atoms with Crippen LogP contribution in [0.25, 0.3) is 22.0 Å². The lowest BCUT2D eigenvalue weighted by atomic mass is 9.97. The topological polar surface area (TPSA) is 40.5 Å². The fourth-order valence-electron chi connectivity index (χ4n) is 4.13. The van der Waals surface area contributed by atoms with Gasteiger partial charge in [0.05, 0.1) is 18.6 Å². The monoisotopic (exact) mass is 481 g/mol. The number of alkyl halides is 3. The Bertz CT molecular complexity index is 1330. The number of carbonyl (C=O) groups excluding carboxylic acids is 1. The normalized spacial score (nSPS) is 11.6. The molecule has 0 unspecified atom stereocenters. The summed E-state index contributed by atoms with van der Waals surface area (Å²) in [4.78, 5) is 11.7. The largest absolute Gasteiger partial charge is 0.489 e. The summed E-state index contributed by atoms with van der Waals surface area (Å²) >= 11 is 0. The van der Waals surface area contributed by atoms with E-state index < -0.39 is 11.7 Å². The highest BCUT2D eigenvalue weighted by atomic mass is 19.4. The zero-order valence-electron chi connectivity index (χ0n) is 19.6. The van der Waals surface area contributed by atoms with Crippen LogP contribution >= 0.6 is 0 Å². The second-order valence-electron chi connectivity index (χ2n) is 8.25. The molecule has 4 aromatic rings. The molecular formula is C28H26F3NO3. The first-order valence-electron chi connectivity index (χ1n) is 11.4. The maximum Gasteiger partial charge on any atom is 0.417 e. The van der Waals surface area contributed by atoms with Crippen LogP contribution in [-0.2, 0) is 35.8 Å². The number of hydrogen-bond acceptors (Lipinski definition) is 3. The van der Waals surface area contributed by atoms with Gasteiger partial charge in [-0.25, -0.2) is 0 Å². The predicted molar refractivity (Wildman–Crippen MR) is 129 cm³/mol. The van der Waals surface area contributed by atoms with Crippen LogP contribution in [-0.4, -0.2) is 17.1 Å². The molecule has 0 atom stereocenters. The smallest absolute Gasteiger partial charge is 0.417 e. The summed E-state index contributed by atoms with van der Waals surface area (Å²) in [5.74, 6) is 0.319. The van der Waals surface area contributed by atoms with Crippen molar-refractivity contribution in [3.05, 3.63) is 89.6 Å². The number of benzene rings is 3. The number of esters is 1. The standard InChI is InChI=1S/C28H26F3NO3/c1-3-34-27(33)14-10-22-16-21-17-23(11-13-26(21)32(22)2)35-18-19-9-12-24(20-7-5-4-6-8-20)25(15-19)28(29,30)31/h4-9,11-13,15-17H,3,10,14,18H2,1-2H3. The molecule has 1 aromatic heterocycles. The number of hydrogen-bond donors (Lipinski definition) is 0. The minimum atomic E-state index is -4.48. The van der Waals surface area contributed by atoms with E-state index in [9.17, 15) is 18.0 Å². The number of rotatable bonds is 8. The van der Waals surface area contributed by atoms with Crippen molar-refractivity contribution in [1.29, 1.82) is 0 Å². The third kappa shape index (κ3) is 5.67. The van der Waals surface area contributed by atoms with E-state index >= 15 is 0 Å². The average molecular weight is 482 g/mol. The zero-order valence-corrected chi connectivity index (χ0v) is 19.6. The lowest BCUT2D eigenvalue weighted by Gasteiger charge is -2.15. The molecule has 35 heavy (non-hydrogen) atoms. The number of halogens is 3. The van der Waals surface area contributed by atoms with Crippen LogP contribution < -0.4 is 4.74 Å². The van der Waals surface area contributed by atoms with Crippen molar-refractivity contribution < 1.29 is 27.4 Å². The highest BCUT2D eigenvalue weighted by Gasteiger charge is 2.34. The molecule has 182 valence electrons. The fourth-order valence-corrected chi connectivity index (χ4v) is 4.13. The number of aromatic nitrogens is 1. The van der Waals surface area contributed by atoms with Gasteiger partial charge in [-0.1, -0.05) is 42.5 Å². The van der Waals surface area contributed by atoms with Crippen LogP contribution in [0.15, 0.2) is 72.8 Å². The third-order valence-corrected chi connectivity index (χ3v) is 5.88. The van der Waals surface area contributed by atoms with Gasteiger partial charge in [-0.3, -0.25) is 4.79 Å². The van der Waals surface area contributed by atoms with E-state index in [4.69, 9.17) is 9.47 Å². The Balaban J connectivity index is 1.51. The van der Waals surface area contributed by atoms with Crippen LogP contribution in [0.2, 0.25) is 0 Å². The van der Waals surface area contributed by atoms with Crippen LogP contribution in [0, 0.1) is 0 Å². The summed E-state index contributed by atoms with van der Waals surface area (Å²) in [6, 6.07) is 20.4. The molecular weight excluding hydrogens is 455 g/mol. The van der Waals surface area contributed by atoms with Crippen molar-refractivity contribution in [2.45, 2.75) is 32.5 Å². The summed E-state index contributed by atoms with van der Waals surface area (Å²) < 4.78 is 54.2. The van der Waals surface area contributed by atoms with Gasteiger partial charge in [-0.2, -0.15) is 13.2 Å². The minimum absolute atomic E-state index is 0.00616. The summed E-state index contributed by atoms with van der Waals surface area (Å²) in [5, 5.41) is 0.930. The quantitative estimate of drug-likeness (QED) is 0.256. The maximum absolute atomic E-state index is 13.8. The molecule has 0 N–H and O–H groups in total. The second kappa shape index (κ2) is 10.3. The molecule has 0 aliphatic rings. The van der Waals surface area contributed by atoms with E-state index in [0.717, 1.165) is 22.7 Å². The number of ether oxygens (including phenoxy) is 2. The van der Waals surface area contributed by atoms with Gasteiger partial charge in [0.25, 0.3) is 0 Å². The zero-order chi connectivity index (χ0) is 25.0. The molecule has 3 aromatic carbocycles. The molecule has 0 saturated heterocycles. The number of nitrogens with zero attached hydrogens (tertiary/aromatic N) is 1. The van der Waals surface area contributed by atoms with E-state index in [0.29, 0.717) is 36.3 Å². The summed E-state index contributed by atoms with van der Waals surface area (Å²) in [5.41, 5.74) is 2.36. The van der Waals surface area contributed by atoms with E-state index in [1.807, 2.05) is 29.8 Å². The maximum atomic E-state index is 13.8. The first-order chi connectivity index (χ1) is 16.8. The van der Waals surface area contributed by atoms with Crippen molar-refractivity contribution in [1.82, 2.24) is 4.57 Å². The second-order valence-corrected chi connectivity index (χ2v) is 8.25. The number of fused-ring (bicyclic) bond motifs is 1. The Morgan fingerprint density at radius 1 is 0.971 bits per heavy atom. The SMILES string of the molecule is CCOC(=O)CCc1cc2cc(OCc3ccc(-c4ccccc4)c(C(F)(F)F)c3)ccc2n1C. The summed E-state index contributed by atoms with van der Waals surface area (Å²) in [6.07, 6.45) is -3.64. The lowest BCUT2D eigenvalue weighted by Crippen LogP contribution is -2.09. The van der Waals surface area contributed by atoms with Crippen LogP contribution in [0.1, 0.15) is 30.2 Å². The average Bonchev–Trinajstić information content (AvgIpc) is 3.16. The van der Waals surface area contributed by atoms with Crippen molar-refractivity contribution in [3.63, 3.8) is 0 Å². The van der Waals surface area contributed by atoms with Crippen molar-refractivity contribution in [2.75, 3.05) is 6.61 Å². The van der Waals surface area contributed by atoms with Crippen LogP contribution in [0.4, 0.5) is 13.2 Å². The van der Waals surface area contributed by atoms with Gasteiger partial charge in [0.2, 0.25) is 0 Å². The molecule has 0 aliphatic carbocycles. The van der Waals surface area contributed by atoms with E-state index in [-0.39, 0.29) is 18.1 Å². The summed E-state index contributed by atoms with van der Waals surface area (Å²) in [7, 11) is 1.93. The van der Waals surface area contributed by atoms with Crippen molar-refractivity contribution >= 4 is 16.9 Å². The Kier molecular flexibility index (Phi) is 7.15. The molecule has 0 aliphatic heterocycles. The predicted octanol–water partition coefficient (Wildman–Crippen LogP) is 6.94. The van der Waals surface area contributed by atoms with Gasteiger partial charge in [-0.15, -0.1) is 0 Å². The molecule has 0 spiro atoms. The highest BCUT2D eigenvalue weighted by molar-refractivity contribution is 5.83. The first-order valence-corrected chi connectivity index (χ1v) is 11.4. The number of aryl methyl sites for hydroxylation is 2. The molecule has 0 fully saturated rings. The van der Waals surface area contributed by atoms with Gasteiger partial charge in [0.1, 0.15) is 12.4 Å². The van der Waals surface area contributed by atoms with Gasteiger partial charge in [0.15, 0.2) is 0 Å². The van der Waals surface area contributed by atoms with Gasteiger partial charge < -0.3 is 14.0 Å². The van der Waals surface area contributed by atoms with Crippen LogP contribution in [0.3, 0.4) is 0 Å². The molecule has 4 rings (SSSR count). The minimum Gasteiger partial charge on any atom is -0.489 e. The van der Waals surface area contributed by atoms with Gasteiger partial charge >= 0.3 is 12.1 Å². The van der Waals surface area contributed by atoms with E-state index in [1.54, 1.807) is 49.4 Å². The highest BCUT2D eigenvalue weighted by Crippen LogP contribution is 2.38. The Morgan fingerprint density at radius 3 is 2.46 bits per heavy atom. The van der Waals surface area contributed by atoms with E-state index in [1.165, 1.54) is 6.07 Å². The Hall–Kier alpha value is -3.74. The number of carbonyl (C=O) groups is 1. The van der Waals surface area contributed by atoms with Crippen molar-refractivity contribution in [2.24, 2.45) is 7.05 Å². The molecule has 0 saturated carbocycles. The fraction of sp³-hybridized carbons (Fsp3) is 0.250. The molecule has 0 bridgehead atoms. The first kappa shape index (κ1) is 24.4.